The van der Waals surface area contributed by atoms with Gasteiger partial charge in [-0.25, -0.2) is 4.79 Å². The third-order valence-corrected chi connectivity index (χ3v) is 5.47. The van der Waals surface area contributed by atoms with E-state index in [9.17, 15) is 14.4 Å². The van der Waals surface area contributed by atoms with E-state index in [0.29, 0.717) is 41.4 Å². The number of Topliss-reactive ketones (excluding diaryl/α,β-unsaturated/α-hetero) is 1. The Balaban J connectivity index is 1.12. The average molecular weight is 444 g/mol. The van der Waals surface area contributed by atoms with E-state index in [1.165, 1.54) is 6.07 Å². The summed E-state index contributed by atoms with van der Waals surface area (Å²) in [6.45, 7) is 1.33. The summed E-state index contributed by atoms with van der Waals surface area (Å²) in [5.41, 5.74) is 1.87. The van der Waals surface area contributed by atoms with Gasteiger partial charge in [-0.3, -0.25) is 14.3 Å². The number of nitrogens with zero attached hydrogens (tertiary/aromatic N) is 4. The van der Waals surface area contributed by atoms with Crippen LogP contribution in [0.4, 0.5) is 5.69 Å². The molecule has 0 fully saturated rings. The highest BCUT2D eigenvalue weighted by Gasteiger charge is 2.34. The molecular weight excluding hydrogens is 424 g/mol. The molecule has 0 N–H and O–H groups in total. The Morgan fingerprint density at radius 3 is 2.67 bits per heavy atom. The minimum Gasteiger partial charge on any atom is -0.487 e. The molecule has 5 rings (SSSR count). The molecule has 9 heteroatoms. The Morgan fingerprint density at radius 2 is 1.76 bits per heavy atom. The maximum absolute atomic E-state index is 12.2. The van der Waals surface area contributed by atoms with Crippen molar-refractivity contribution in [3.05, 3.63) is 82.5 Å². The zero-order valence-electron chi connectivity index (χ0n) is 17.6. The first-order valence-corrected chi connectivity index (χ1v) is 10.6. The van der Waals surface area contributed by atoms with Crippen molar-refractivity contribution in [3.8, 4) is 5.75 Å². The van der Waals surface area contributed by atoms with Crippen LogP contribution in [0.15, 0.2) is 70.0 Å². The number of amides is 1. The number of benzene rings is 2. The standard InChI is InChI=1S/C24H20N4O5/c29-22-10-8-16-7-9-18(13-21(16)33-22)32-15-17-14-27(26-25-17)11-3-4-12-28-20-6-2-1-5-19(20)23(30)24(28)31/h1-2,5-10,13-14H,3-4,11-12,15H2. The summed E-state index contributed by atoms with van der Waals surface area (Å²) in [7, 11) is 0. The van der Waals surface area contributed by atoms with Crippen molar-refractivity contribution in [1.82, 2.24) is 15.0 Å². The topological polar surface area (TPSA) is 108 Å². The number of aromatic nitrogens is 3. The number of carbonyl (C=O) groups is 2. The molecule has 0 unspecified atom stereocenters. The monoisotopic (exact) mass is 444 g/mol. The van der Waals surface area contributed by atoms with E-state index in [4.69, 9.17) is 9.15 Å². The van der Waals surface area contributed by atoms with Gasteiger partial charge in [0.05, 0.1) is 17.4 Å². The Bertz CT molecular complexity index is 1410. The molecule has 0 radical (unpaired) electrons. The molecule has 33 heavy (non-hydrogen) atoms. The Hall–Kier alpha value is -4.27. The van der Waals surface area contributed by atoms with Gasteiger partial charge in [-0.2, -0.15) is 0 Å². The lowest BCUT2D eigenvalue weighted by Crippen LogP contribution is -2.30. The van der Waals surface area contributed by atoms with Crippen LogP contribution in [0.5, 0.6) is 5.75 Å². The van der Waals surface area contributed by atoms with Crippen molar-refractivity contribution in [1.29, 1.82) is 0 Å². The number of unbranched alkanes of at least 4 members (excludes halogenated alkanes) is 1. The first-order valence-electron chi connectivity index (χ1n) is 10.6. The molecule has 1 aliphatic rings. The van der Waals surface area contributed by atoms with Crippen molar-refractivity contribution >= 4 is 28.3 Å². The number of fused-ring (bicyclic) bond motifs is 2. The summed E-state index contributed by atoms with van der Waals surface area (Å²) in [5.74, 6) is -0.346. The number of hydrogen-bond donors (Lipinski definition) is 0. The highest BCUT2D eigenvalue weighted by molar-refractivity contribution is 6.52. The predicted molar refractivity (Wildman–Crippen MR) is 119 cm³/mol. The summed E-state index contributed by atoms with van der Waals surface area (Å²) >= 11 is 0. The fourth-order valence-corrected chi connectivity index (χ4v) is 3.82. The highest BCUT2D eigenvalue weighted by atomic mass is 16.5. The number of anilines is 1. The smallest absolute Gasteiger partial charge is 0.336 e. The van der Waals surface area contributed by atoms with E-state index in [1.807, 2.05) is 12.1 Å². The molecule has 0 bridgehead atoms. The van der Waals surface area contributed by atoms with Gasteiger partial charge in [0.25, 0.3) is 11.7 Å². The van der Waals surface area contributed by atoms with Crippen LogP contribution < -0.4 is 15.3 Å². The van der Waals surface area contributed by atoms with Gasteiger partial charge in [0.1, 0.15) is 23.6 Å². The fraction of sp³-hybridized carbons (Fsp3) is 0.208. The predicted octanol–water partition coefficient (Wildman–Crippen LogP) is 2.97. The van der Waals surface area contributed by atoms with Gasteiger partial charge in [-0.05, 0) is 43.2 Å². The number of ether oxygens (including phenoxy) is 1. The molecule has 3 heterocycles. The van der Waals surface area contributed by atoms with Gasteiger partial charge in [0, 0.05) is 30.6 Å². The normalized spacial score (nSPS) is 13.0. The molecule has 0 saturated carbocycles. The van der Waals surface area contributed by atoms with Gasteiger partial charge < -0.3 is 14.1 Å². The summed E-state index contributed by atoms with van der Waals surface area (Å²) < 4.78 is 12.6. The Kier molecular flexibility index (Phi) is 5.43. The summed E-state index contributed by atoms with van der Waals surface area (Å²) in [5, 5.41) is 9.05. The number of aryl methyl sites for hydroxylation is 1. The molecular formula is C24H20N4O5. The maximum Gasteiger partial charge on any atom is 0.336 e. The van der Waals surface area contributed by atoms with Gasteiger partial charge in [0.2, 0.25) is 0 Å². The van der Waals surface area contributed by atoms with Crippen LogP contribution in [0.1, 0.15) is 28.9 Å². The van der Waals surface area contributed by atoms with Crippen molar-refractivity contribution in [2.24, 2.45) is 0 Å². The maximum atomic E-state index is 12.2. The van der Waals surface area contributed by atoms with E-state index < -0.39 is 17.3 Å². The van der Waals surface area contributed by atoms with Crippen LogP contribution in [0.25, 0.3) is 11.0 Å². The molecule has 2 aromatic heterocycles. The quantitative estimate of drug-likeness (QED) is 0.234. The van der Waals surface area contributed by atoms with Crippen LogP contribution in [-0.2, 0) is 17.9 Å². The SMILES string of the molecule is O=C1C(=O)N(CCCCn2cc(COc3ccc4ccc(=O)oc4c3)nn2)c2ccccc21. The molecule has 2 aromatic carbocycles. The third-order valence-electron chi connectivity index (χ3n) is 5.47. The van der Waals surface area contributed by atoms with Crippen LogP contribution in [0.3, 0.4) is 0 Å². The zero-order valence-corrected chi connectivity index (χ0v) is 17.6. The first kappa shape index (κ1) is 20.6. The van der Waals surface area contributed by atoms with E-state index in [1.54, 1.807) is 52.2 Å². The van der Waals surface area contributed by atoms with Crippen LogP contribution in [-0.4, -0.2) is 33.2 Å². The zero-order chi connectivity index (χ0) is 22.8. The van der Waals surface area contributed by atoms with Crippen LogP contribution >= 0.6 is 0 Å². The second-order valence-electron chi connectivity index (χ2n) is 7.73. The van der Waals surface area contributed by atoms with E-state index in [0.717, 1.165) is 18.2 Å². The van der Waals surface area contributed by atoms with Crippen molar-refractivity contribution in [2.75, 3.05) is 11.4 Å². The molecule has 0 saturated heterocycles. The molecule has 9 nitrogen and oxygen atoms in total. The van der Waals surface area contributed by atoms with Gasteiger partial charge in [-0.1, -0.05) is 17.3 Å². The lowest BCUT2D eigenvalue weighted by atomic mass is 10.1. The van der Waals surface area contributed by atoms with E-state index >= 15 is 0 Å². The van der Waals surface area contributed by atoms with Crippen molar-refractivity contribution in [2.45, 2.75) is 26.0 Å². The van der Waals surface area contributed by atoms with Gasteiger partial charge in [-0.15, -0.1) is 5.10 Å². The van der Waals surface area contributed by atoms with E-state index in [-0.39, 0.29) is 6.61 Å². The lowest BCUT2D eigenvalue weighted by Gasteiger charge is -2.16. The largest absolute Gasteiger partial charge is 0.487 e. The Morgan fingerprint density at radius 1 is 0.939 bits per heavy atom. The molecule has 0 aliphatic carbocycles. The van der Waals surface area contributed by atoms with Crippen molar-refractivity contribution in [3.63, 3.8) is 0 Å². The van der Waals surface area contributed by atoms with E-state index in [2.05, 4.69) is 10.3 Å². The molecule has 0 spiro atoms. The van der Waals surface area contributed by atoms with Crippen molar-refractivity contribution < 1.29 is 18.7 Å². The minimum atomic E-state index is -0.468. The molecule has 4 aromatic rings. The highest BCUT2D eigenvalue weighted by Crippen LogP contribution is 2.28. The number of ketones is 1. The fourth-order valence-electron chi connectivity index (χ4n) is 3.82. The summed E-state index contributed by atoms with van der Waals surface area (Å²) in [6.07, 6.45) is 3.30. The minimum absolute atomic E-state index is 0.226. The average Bonchev–Trinajstić information content (AvgIpc) is 3.38. The number of hydrogen-bond acceptors (Lipinski definition) is 7. The molecule has 1 amide bonds. The Labute approximate surface area is 188 Å². The molecule has 1 aliphatic heterocycles. The number of rotatable bonds is 8. The number of carbonyl (C=O) groups excluding carboxylic acids is 2. The van der Waals surface area contributed by atoms with Gasteiger partial charge >= 0.3 is 5.63 Å². The van der Waals surface area contributed by atoms with Gasteiger partial charge in [0.15, 0.2) is 0 Å². The molecule has 0 atom stereocenters. The number of para-hydroxylation sites is 1. The third kappa shape index (κ3) is 4.25. The first-order chi connectivity index (χ1) is 16.1. The molecule has 166 valence electrons. The summed E-state index contributed by atoms with van der Waals surface area (Å²) in [4.78, 5) is 37.2. The lowest BCUT2D eigenvalue weighted by molar-refractivity contribution is -0.114. The second kappa shape index (κ2) is 8.70. The summed E-state index contributed by atoms with van der Waals surface area (Å²) in [6, 6.07) is 15.4. The second-order valence-corrected chi connectivity index (χ2v) is 7.73. The van der Waals surface area contributed by atoms with Crippen LogP contribution in [0, 0.1) is 0 Å². The van der Waals surface area contributed by atoms with Crippen LogP contribution in [0.2, 0.25) is 0 Å².